The van der Waals surface area contributed by atoms with Crippen LogP contribution >= 0.6 is 0 Å². The number of carbonyl (C=O) groups is 1. The van der Waals surface area contributed by atoms with Crippen molar-refractivity contribution in [2.75, 3.05) is 0 Å². The van der Waals surface area contributed by atoms with Gasteiger partial charge in [-0.1, -0.05) is 11.6 Å². The highest BCUT2D eigenvalue weighted by molar-refractivity contribution is 5.79. The van der Waals surface area contributed by atoms with Gasteiger partial charge in [0.2, 0.25) is 6.29 Å². The molecule has 1 saturated carbocycles. The Morgan fingerprint density at radius 1 is 1.58 bits per heavy atom. The van der Waals surface area contributed by atoms with E-state index in [1.165, 1.54) is 5.57 Å². The van der Waals surface area contributed by atoms with Crippen molar-refractivity contribution in [1.29, 1.82) is 0 Å². The van der Waals surface area contributed by atoms with Crippen LogP contribution in [0.1, 0.15) is 12.8 Å². The summed E-state index contributed by atoms with van der Waals surface area (Å²) in [5, 5.41) is 9.42. The number of rotatable bonds is 0. The lowest BCUT2D eigenvalue weighted by molar-refractivity contribution is -0.158. The second-order valence-electron chi connectivity index (χ2n) is 3.86. The van der Waals surface area contributed by atoms with Gasteiger partial charge in [0.05, 0.1) is 5.92 Å². The zero-order valence-electron chi connectivity index (χ0n) is 6.56. The Balaban J connectivity index is 2.05. The minimum absolute atomic E-state index is 0.0671. The number of cyclic esters (lactones) is 1. The van der Waals surface area contributed by atoms with E-state index >= 15 is 0 Å². The molecule has 0 aromatic heterocycles. The van der Waals surface area contributed by atoms with Crippen LogP contribution in [0.4, 0.5) is 0 Å². The van der Waals surface area contributed by atoms with Gasteiger partial charge in [0.1, 0.15) is 0 Å². The quantitative estimate of drug-likeness (QED) is 0.419. The van der Waals surface area contributed by atoms with Crippen molar-refractivity contribution in [3.63, 3.8) is 0 Å². The molecule has 3 aliphatic rings. The Kier molecular flexibility index (Phi) is 1.06. The number of allylic oxidation sites excluding steroid dienone is 1. The van der Waals surface area contributed by atoms with Crippen molar-refractivity contribution in [3.05, 3.63) is 11.6 Å². The van der Waals surface area contributed by atoms with Gasteiger partial charge >= 0.3 is 5.97 Å². The summed E-state index contributed by atoms with van der Waals surface area (Å²) in [7, 11) is 0. The van der Waals surface area contributed by atoms with Crippen LogP contribution in [0.2, 0.25) is 0 Å². The minimum atomic E-state index is -0.835. The number of aliphatic hydroxyl groups is 1. The number of aliphatic hydroxyl groups excluding tert-OH is 1. The maximum Gasteiger partial charge on any atom is 0.315 e. The molecule has 0 amide bonds. The highest BCUT2D eigenvalue weighted by Gasteiger charge is 2.55. The molecular formula is C9H10O3. The van der Waals surface area contributed by atoms with Crippen LogP contribution in [-0.4, -0.2) is 17.4 Å². The van der Waals surface area contributed by atoms with Crippen LogP contribution in [-0.2, 0) is 9.53 Å². The van der Waals surface area contributed by atoms with Crippen LogP contribution < -0.4 is 0 Å². The number of ether oxygens (including phenoxy) is 1. The Labute approximate surface area is 70.0 Å². The van der Waals surface area contributed by atoms with Crippen LogP contribution in [0.25, 0.3) is 0 Å². The first-order valence-corrected chi connectivity index (χ1v) is 4.35. The predicted octanol–water partition coefficient (Wildman–Crippen LogP) is 0.444. The van der Waals surface area contributed by atoms with E-state index in [4.69, 9.17) is 4.74 Å². The van der Waals surface area contributed by atoms with E-state index in [0.29, 0.717) is 5.92 Å². The van der Waals surface area contributed by atoms with E-state index in [0.717, 1.165) is 12.8 Å². The van der Waals surface area contributed by atoms with Gasteiger partial charge in [0.25, 0.3) is 0 Å². The summed E-state index contributed by atoms with van der Waals surface area (Å²) in [6, 6.07) is 0. The number of fused-ring (bicyclic) bond motifs is 5. The smallest absolute Gasteiger partial charge is 0.315 e. The van der Waals surface area contributed by atoms with Crippen molar-refractivity contribution < 1.29 is 14.6 Å². The summed E-state index contributed by atoms with van der Waals surface area (Å²) in [5.74, 6) is 0.212. The Bertz CT molecular complexity index is 281. The first-order valence-electron chi connectivity index (χ1n) is 4.35. The van der Waals surface area contributed by atoms with Crippen LogP contribution in [0.5, 0.6) is 0 Å². The van der Waals surface area contributed by atoms with Crippen molar-refractivity contribution in [3.8, 4) is 0 Å². The molecule has 0 aromatic rings. The molecule has 1 heterocycles. The molecule has 0 aromatic carbocycles. The van der Waals surface area contributed by atoms with Crippen LogP contribution in [0, 0.1) is 17.8 Å². The average molecular weight is 166 g/mol. The van der Waals surface area contributed by atoms with Crippen molar-refractivity contribution >= 4 is 5.97 Å². The fourth-order valence-corrected chi connectivity index (χ4v) is 2.82. The first kappa shape index (κ1) is 6.66. The van der Waals surface area contributed by atoms with E-state index in [2.05, 4.69) is 6.08 Å². The molecule has 2 aliphatic carbocycles. The molecule has 3 nitrogen and oxygen atoms in total. The molecule has 64 valence electrons. The van der Waals surface area contributed by atoms with Gasteiger partial charge in [0, 0.05) is 5.92 Å². The molecule has 0 spiro atoms. The maximum atomic E-state index is 11.2. The summed E-state index contributed by atoms with van der Waals surface area (Å²) in [6.07, 6.45) is 3.32. The van der Waals surface area contributed by atoms with Gasteiger partial charge in [-0.3, -0.25) is 4.79 Å². The summed E-state index contributed by atoms with van der Waals surface area (Å²) in [6.45, 7) is 0. The molecule has 1 saturated heterocycles. The molecule has 2 bridgehead atoms. The zero-order chi connectivity index (χ0) is 8.29. The standard InChI is InChI=1S/C9H10O3/c10-8-6-4-1-2-5(3-4)7(6)9(11)12-8/h1,5-7,9,11H,2-3H2. The molecular weight excluding hydrogens is 156 g/mol. The van der Waals surface area contributed by atoms with Gasteiger partial charge in [0.15, 0.2) is 0 Å². The summed E-state index contributed by atoms with van der Waals surface area (Å²) < 4.78 is 4.78. The highest BCUT2D eigenvalue weighted by Crippen LogP contribution is 2.53. The largest absolute Gasteiger partial charge is 0.435 e. The second-order valence-corrected chi connectivity index (χ2v) is 3.86. The molecule has 0 radical (unpaired) electrons. The predicted molar refractivity (Wildman–Crippen MR) is 39.9 cm³/mol. The third-order valence-electron chi connectivity index (χ3n) is 3.33. The molecule has 3 heteroatoms. The molecule has 2 fully saturated rings. The van der Waals surface area contributed by atoms with Crippen molar-refractivity contribution in [1.82, 2.24) is 0 Å². The molecule has 12 heavy (non-hydrogen) atoms. The fourth-order valence-electron chi connectivity index (χ4n) is 2.82. The molecule has 4 atom stereocenters. The average Bonchev–Trinajstić information content (AvgIpc) is 2.64. The molecule has 3 rings (SSSR count). The molecule has 1 aliphatic heterocycles. The normalized spacial score (nSPS) is 49.1. The second kappa shape index (κ2) is 1.91. The third kappa shape index (κ3) is 0.591. The van der Waals surface area contributed by atoms with Gasteiger partial charge in [-0.2, -0.15) is 0 Å². The number of esters is 1. The van der Waals surface area contributed by atoms with E-state index < -0.39 is 6.29 Å². The van der Waals surface area contributed by atoms with Crippen molar-refractivity contribution in [2.24, 2.45) is 17.8 Å². The summed E-state index contributed by atoms with van der Waals surface area (Å²) in [5.41, 5.74) is 1.20. The lowest BCUT2D eigenvalue weighted by Gasteiger charge is -2.17. The third-order valence-corrected chi connectivity index (χ3v) is 3.33. The topological polar surface area (TPSA) is 46.5 Å². The lowest BCUT2D eigenvalue weighted by Crippen LogP contribution is -2.23. The Morgan fingerprint density at radius 2 is 2.42 bits per heavy atom. The maximum absolute atomic E-state index is 11.2. The van der Waals surface area contributed by atoms with E-state index in [-0.39, 0.29) is 17.8 Å². The van der Waals surface area contributed by atoms with E-state index in [9.17, 15) is 9.90 Å². The van der Waals surface area contributed by atoms with Crippen LogP contribution in [0.15, 0.2) is 11.6 Å². The lowest BCUT2D eigenvalue weighted by atomic mass is 9.85. The first-order chi connectivity index (χ1) is 5.77. The number of hydrogen-bond acceptors (Lipinski definition) is 3. The summed E-state index contributed by atoms with van der Waals surface area (Å²) >= 11 is 0. The van der Waals surface area contributed by atoms with Gasteiger partial charge in [-0.15, -0.1) is 0 Å². The van der Waals surface area contributed by atoms with Crippen LogP contribution in [0.3, 0.4) is 0 Å². The fraction of sp³-hybridized carbons (Fsp3) is 0.667. The van der Waals surface area contributed by atoms with E-state index in [1.807, 2.05) is 0 Å². The van der Waals surface area contributed by atoms with Gasteiger partial charge in [-0.05, 0) is 18.8 Å². The minimum Gasteiger partial charge on any atom is -0.435 e. The number of carbonyl (C=O) groups excluding carboxylic acids is 1. The van der Waals surface area contributed by atoms with Gasteiger partial charge < -0.3 is 9.84 Å². The van der Waals surface area contributed by atoms with Gasteiger partial charge in [-0.25, -0.2) is 0 Å². The Morgan fingerprint density at radius 3 is 3.17 bits per heavy atom. The SMILES string of the molecule is O=C1OC(O)C2C3CC=C(C3)C12. The monoisotopic (exact) mass is 166 g/mol. The Hall–Kier alpha value is -0.830. The highest BCUT2D eigenvalue weighted by atomic mass is 16.6. The molecule has 1 N–H and O–H groups in total. The molecule has 4 unspecified atom stereocenters. The summed E-state index contributed by atoms with van der Waals surface area (Å²) in [4.78, 5) is 11.2. The zero-order valence-corrected chi connectivity index (χ0v) is 6.56. The number of hydrogen-bond donors (Lipinski definition) is 1. The van der Waals surface area contributed by atoms with Crippen molar-refractivity contribution in [2.45, 2.75) is 19.1 Å². The van der Waals surface area contributed by atoms with E-state index in [1.54, 1.807) is 0 Å².